The van der Waals surface area contributed by atoms with Crippen LogP contribution in [0.2, 0.25) is 0 Å². The number of hydrogen-bond donors (Lipinski definition) is 1. The SMILES string of the molecule is COc1ccc(C2(C(=O)N3CCCC(N(C)CC(=O)O)CC3)CCC2)cc1. The molecule has 1 aliphatic heterocycles. The number of carbonyl (C=O) groups is 2. The van der Waals surface area contributed by atoms with Crippen LogP contribution in [0.1, 0.15) is 44.1 Å². The van der Waals surface area contributed by atoms with Gasteiger partial charge in [0.2, 0.25) is 5.91 Å². The van der Waals surface area contributed by atoms with E-state index < -0.39 is 5.97 Å². The van der Waals surface area contributed by atoms with Gasteiger partial charge in [0.25, 0.3) is 0 Å². The van der Waals surface area contributed by atoms with Crippen LogP contribution in [0.5, 0.6) is 5.75 Å². The zero-order valence-electron chi connectivity index (χ0n) is 16.3. The molecule has 0 aromatic heterocycles. The molecule has 148 valence electrons. The van der Waals surface area contributed by atoms with E-state index in [9.17, 15) is 9.59 Å². The molecular weight excluding hydrogens is 344 g/mol. The van der Waals surface area contributed by atoms with Crippen molar-refractivity contribution in [1.82, 2.24) is 9.80 Å². The van der Waals surface area contributed by atoms with Crippen LogP contribution in [0.4, 0.5) is 0 Å². The largest absolute Gasteiger partial charge is 0.497 e. The first kappa shape index (κ1) is 19.7. The number of methoxy groups -OCH3 is 1. The molecule has 1 amide bonds. The molecular formula is C21H30N2O4. The summed E-state index contributed by atoms with van der Waals surface area (Å²) in [5.41, 5.74) is 0.697. The summed E-state index contributed by atoms with van der Waals surface area (Å²) in [6.45, 7) is 1.51. The molecule has 1 unspecified atom stereocenters. The van der Waals surface area contributed by atoms with Gasteiger partial charge in [0, 0.05) is 19.1 Å². The van der Waals surface area contributed by atoms with E-state index in [1.165, 1.54) is 0 Å². The summed E-state index contributed by atoms with van der Waals surface area (Å²) in [7, 11) is 3.51. The monoisotopic (exact) mass is 374 g/mol. The number of nitrogens with zero attached hydrogens (tertiary/aromatic N) is 2. The van der Waals surface area contributed by atoms with E-state index in [1.807, 2.05) is 41.1 Å². The molecule has 1 aliphatic carbocycles. The van der Waals surface area contributed by atoms with Crippen LogP contribution in [0, 0.1) is 0 Å². The van der Waals surface area contributed by atoms with Crippen molar-refractivity contribution in [2.45, 2.75) is 50.0 Å². The first-order valence-electron chi connectivity index (χ1n) is 9.82. The maximum atomic E-state index is 13.5. The quantitative estimate of drug-likeness (QED) is 0.829. The van der Waals surface area contributed by atoms with Crippen molar-refractivity contribution in [3.8, 4) is 5.75 Å². The number of likely N-dealkylation sites (tertiary alicyclic amines) is 1. The van der Waals surface area contributed by atoms with Gasteiger partial charge in [0.1, 0.15) is 5.75 Å². The fourth-order valence-corrected chi connectivity index (χ4v) is 4.43. The third kappa shape index (κ3) is 4.10. The average molecular weight is 374 g/mol. The molecule has 0 radical (unpaired) electrons. The van der Waals surface area contributed by atoms with E-state index in [0.29, 0.717) is 6.54 Å². The first-order valence-corrected chi connectivity index (χ1v) is 9.82. The van der Waals surface area contributed by atoms with Crippen LogP contribution in [-0.2, 0) is 15.0 Å². The number of carboxylic acid groups (broad SMARTS) is 1. The lowest BCUT2D eigenvalue weighted by Crippen LogP contribution is -2.51. The van der Waals surface area contributed by atoms with Crippen LogP contribution in [0.15, 0.2) is 24.3 Å². The van der Waals surface area contributed by atoms with Crippen molar-refractivity contribution in [1.29, 1.82) is 0 Å². The third-order valence-corrected chi connectivity index (χ3v) is 6.25. The second kappa shape index (κ2) is 8.30. The molecule has 2 fully saturated rings. The van der Waals surface area contributed by atoms with Crippen molar-refractivity contribution >= 4 is 11.9 Å². The molecule has 1 saturated carbocycles. The molecule has 1 N–H and O–H groups in total. The number of benzene rings is 1. The van der Waals surface area contributed by atoms with Crippen LogP contribution in [0.25, 0.3) is 0 Å². The highest BCUT2D eigenvalue weighted by Crippen LogP contribution is 2.45. The summed E-state index contributed by atoms with van der Waals surface area (Å²) < 4.78 is 5.25. The number of likely N-dealkylation sites (N-methyl/N-ethyl adjacent to an activating group) is 1. The van der Waals surface area contributed by atoms with Crippen molar-refractivity contribution in [3.63, 3.8) is 0 Å². The van der Waals surface area contributed by atoms with Crippen LogP contribution in [-0.4, -0.2) is 66.6 Å². The van der Waals surface area contributed by atoms with E-state index in [1.54, 1.807) is 7.11 Å². The lowest BCUT2D eigenvalue weighted by Gasteiger charge is -2.44. The number of ether oxygens (including phenoxy) is 1. The van der Waals surface area contributed by atoms with Gasteiger partial charge < -0.3 is 14.7 Å². The summed E-state index contributed by atoms with van der Waals surface area (Å²) in [5.74, 6) is 0.239. The Bertz CT molecular complexity index is 669. The van der Waals surface area contributed by atoms with Crippen LogP contribution >= 0.6 is 0 Å². The smallest absolute Gasteiger partial charge is 0.317 e. The molecule has 1 atom stereocenters. The Balaban J connectivity index is 1.69. The molecule has 1 saturated heterocycles. The Hall–Kier alpha value is -2.08. The van der Waals surface area contributed by atoms with E-state index in [2.05, 4.69) is 0 Å². The van der Waals surface area contributed by atoms with Gasteiger partial charge in [0.15, 0.2) is 0 Å². The number of hydrogen-bond acceptors (Lipinski definition) is 4. The van der Waals surface area contributed by atoms with E-state index in [4.69, 9.17) is 9.84 Å². The Morgan fingerprint density at radius 1 is 1.19 bits per heavy atom. The number of rotatable bonds is 6. The van der Waals surface area contributed by atoms with Crippen molar-refractivity contribution in [2.75, 3.05) is 33.8 Å². The number of aliphatic carboxylic acids is 1. The Morgan fingerprint density at radius 3 is 2.44 bits per heavy atom. The Morgan fingerprint density at radius 2 is 1.89 bits per heavy atom. The van der Waals surface area contributed by atoms with Crippen molar-refractivity contribution < 1.29 is 19.4 Å². The minimum Gasteiger partial charge on any atom is -0.497 e. The minimum absolute atomic E-state index is 0.0500. The maximum Gasteiger partial charge on any atom is 0.317 e. The molecule has 2 aliphatic rings. The summed E-state index contributed by atoms with van der Waals surface area (Å²) in [4.78, 5) is 28.3. The van der Waals surface area contributed by atoms with E-state index in [-0.39, 0.29) is 23.9 Å². The maximum absolute atomic E-state index is 13.5. The summed E-state index contributed by atoms with van der Waals surface area (Å²) in [6.07, 6.45) is 5.56. The molecule has 6 nitrogen and oxygen atoms in total. The minimum atomic E-state index is -0.803. The molecule has 0 spiro atoms. The van der Waals surface area contributed by atoms with Gasteiger partial charge in [-0.15, -0.1) is 0 Å². The molecule has 0 bridgehead atoms. The van der Waals surface area contributed by atoms with Crippen molar-refractivity contribution in [3.05, 3.63) is 29.8 Å². The summed E-state index contributed by atoms with van der Waals surface area (Å²) in [5, 5.41) is 9.02. The average Bonchev–Trinajstić information content (AvgIpc) is 2.87. The molecule has 27 heavy (non-hydrogen) atoms. The standard InChI is InChI=1S/C21H30N2O4/c1-22(15-19(24)25)17-5-3-13-23(14-10-17)20(26)21(11-4-12-21)16-6-8-18(27-2)9-7-16/h6-9,17H,3-5,10-15H2,1-2H3,(H,24,25). The zero-order chi connectivity index (χ0) is 19.4. The first-order chi connectivity index (χ1) is 13.0. The predicted molar refractivity (Wildman–Crippen MR) is 103 cm³/mol. The van der Waals surface area contributed by atoms with Gasteiger partial charge in [-0.1, -0.05) is 18.6 Å². The molecule has 3 rings (SSSR count). The summed E-state index contributed by atoms with van der Waals surface area (Å²) >= 11 is 0. The normalized spacial score (nSPS) is 22.0. The third-order valence-electron chi connectivity index (χ3n) is 6.25. The molecule has 1 heterocycles. The van der Waals surface area contributed by atoms with Gasteiger partial charge in [-0.05, 0) is 56.8 Å². The molecule has 1 aromatic rings. The lowest BCUT2D eigenvalue weighted by molar-refractivity contribution is -0.141. The summed E-state index contributed by atoms with van der Waals surface area (Å²) in [6, 6.07) is 8.13. The zero-order valence-corrected chi connectivity index (χ0v) is 16.3. The van der Waals surface area contributed by atoms with Gasteiger partial charge in [-0.2, -0.15) is 0 Å². The Kier molecular flexibility index (Phi) is 6.05. The number of carboxylic acids is 1. The topological polar surface area (TPSA) is 70.1 Å². The van der Waals surface area contributed by atoms with Gasteiger partial charge >= 0.3 is 5.97 Å². The number of carbonyl (C=O) groups excluding carboxylic acids is 1. The fourth-order valence-electron chi connectivity index (χ4n) is 4.43. The lowest BCUT2D eigenvalue weighted by atomic mass is 9.63. The van der Waals surface area contributed by atoms with E-state index in [0.717, 1.165) is 56.4 Å². The highest BCUT2D eigenvalue weighted by Gasteiger charge is 2.47. The second-order valence-electron chi connectivity index (χ2n) is 7.85. The Labute approximate surface area is 161 Å². The van der Waals surface area contributed by atoms with Crippen LogP contribution < -0.4 is 4.74 Å². The van der Waals surface area contributed by atoms with Crippen molar-refractivity contribution in [2.24, 2.45) is 0 Å². The van der Waals surface area contributed by atoms with Gasteiger partial charge in [-0.25, -0.2) is 0 Å². The second-order valence-corrected chi connectivity index (χ2v) is 7.85. The molecule has 1 aromatic carbocycles. The van der Waals surface area contributed by atoms with E-state index >= 15 is 0 Å². The highest BCUT2D eigenvalue weighted by molar-refractivity contribution is 5.89. The predicted octanol–water partition coefficient (Wildman–Crippen LogP) is 2.51. The molecule has 6 heteroatoms. The fraction of sp³-hybridized carbons (Fsp3) is 0.619. The number of amides is 1. The van der Waals surface area contributed by atoms with Crippen LogP contribution in [0.3, 0.4) is 0 Å². The highest BCUT2D eigenvalue weighted by atomic mass is 16.5. The van der Waals surface area contributed by atoms with Gasteiger partial charge in [-0.3, -0.25) is 14.5 Å². The van der Waals surface area contributed by atoms with Gasteiger partial charge in [0.05, 0.1) is 19.1 Å².